The molecule has 0 saturated carbocycles. The Morgan fingerprint density at radius 1 is 1.61 bits per heavy atom. The Labute approximate surface area is 111 Å². The number of carbonyl (C=O) groups excluding carboxylic acids is 1. The molecule has 1 aromatic carbocycles. The number of hydrogen-bond acceptors (Lipinski definition) is 2. The Kier molecular flexibility index (Phi) is 5.11. The largest absolute Gasteiger partial charge is 0.342 e. The fourth-order valence-electron chi connectivity index (χ4n) is 1.49. The fraction of sp³-hybridized carbons (Fsp3) is 0.385. The van der Waals surface area contributed by atoms with Crippen molar-refractivity contribution in [3.63, 3.8) is 0 Å². The highest BCUT2D eigenvalue weighted by Gasteiger charge is 2.18. The standard InChI is InChI=1S/C13H14ClFN2O/c1-9(6-7-16)17(2)13(18)8-10-11(14)4-3-5-12(10)15/h3-5,9H,6,8H2,1-2H3. The van der Waals surface area contributed by atoms with Crippen LogP contribution in [-0.2, 0) is 11.2 Å². The van der Waals surface area contributed by atoms with Crippen LogP contribution in [-0.4, -0.2) is 23.9 Å². The molecule has 1 rings (SSSR count). The van der Waals surface area contributed by atoms with E-state index in [-0.39, 0.29) is 35.4 Å². The molecule has 3 nitrogen and oxygen atoms in total. The van der Waals surface area contributed by atoms with Crippen molar-refractivity contribution in [2.75, 3.05) is 7.05 Å². The minimum absolute atomic E-state index is 0.0994. The van der Waals surface area contributed by atoms with Crippen molar-refractivity contribution < 1.29 is 9.18 Å². The van der Waals surface area contributed by atoms with E-state index in [0.29, 0.717) is 0 Å². The number of nitriles is 1. The molecule has 96 valence electrons. The number of nitrogens with zero attached hydrogens (tertiary/aromatic N) is 2. The van der Waals surface area contributed by atoms with Crippen LogP contribution in [0.15, 0.2) is 18.2 Å². The smallest absolute Gasteiger partial charge is 0.227 e. The first-order chi connectivity index (χ1) is 8.47. The molecule has 0 aliphatic rings. The molecule has 18 heavy (non-hydrogen) atoms. The molecule has 0 N–H and O–H groups in total. The second-order valence-corrected chi connectivity index (χ2v) is 4.50. The van der Waals surface area contributed by atoms with Crippen molar-refractivity contribution in [2.45, 2.75) is 25.8 Å². The number of hydrogen-bond donors (Lipinski definition) is 0. The summed E-state index contributed by atoms with van der Waals surface area (Å²) in [6.45, 7) is 1.77. The van der Waals surface area contributed by atoms with E-state index in [4.69, 9.17) is 16.9 Å². The topological polar surface area (TPSA) is 44.1 Å². The first-order valence-corrected chi connectivity index (χ1v) is 5.90. The van der Waals surface area contributed by atoms with Crippen LogP contribution < -0.4 is 0 Å². The van der Waals surface area contributed by atoms with Gasteiger partial charge in [-0.05, 0) is 19.1 Å². The highest BCUT2D eigenvalue weighted by molar-refractivity contribution is 6.31. The first-order valence-electron chi connectivity index (χ1n) is 5.52. The first kappa shape index (κ1) is 14.5. The summed E-state index contributed by atoms with van der Waals surface area (Å²) in [5.41, 5.74) is 0.195. The van der Waals surface area contributed by atoms with E-state index in [1.165, 1.54) is 17.0 Å². The molecule has 1 amide bonds. The Balaban J connectivity index is 2.79. The lowest BCUT2D eigenvalue weighted by atomic mass is 10.1. The lowest BCUT2D eigenvalue weighted by Crippen LogP contribution is -2.36. The second-order valence-electron chi connectivity index (χ2n) is 4.09. The number of likely N-dealkylation sites (N-methyl/N-ethyl adjacent to an activating group) is 1. The monoisotopic (exact) mass is 268 g/mol. The van der Waals surface area contributed by atoms with Gasteiger partial charge in [-0.1, -0.05) is 17.7 Å². The summed E-state index contributed by atoms with van der Waals surface area (Å²) in [6.07, 6.45) is 0.144. The molecule has 0 aliphatic heterocycles. The zero-order valence-corrected chi connectivity index (χ0v) is 11.0. The molecule has 0 aromatic heterocycles. The predicted octanol–water partition coefficient (Wildman–Crippen LogP) is 2.78. The average molecular weight is 269 g/mol. The van der Waals surface area contributed by atoms with Gasteiger partial charge in [-0.3, -0.25) is 4.79 Å². The second kappa shape index (κ2) is 6.36. The van der Waals surface area contributed by atoms with Gasteiger partial charge in [-0.25, -0.2) is 4.39 Å². The van der Waals surface area contributed by atoms with Gasteiger partial charge in [0, 0.05) is 23.7 Å². The number of benzene rings is 1. The number of amides is 1. The van der Waals surface area contributed by atoms with Crippen molar-refractivity contribution in [3.8, 4) is 6.07 Å². The molecule has 0 spiro atoms. The van der Waals surface area contributed by atoms with Crippen molar-refractivity contribution in [3.05, 3.63) is 34.6 Å². The third-order valence-electron chi connectivity index (χ3n) is 2.83. The van der Waals surface area contributed by atoms with Crippen LogP contribution in [0.2, 0.25) is 5.02 Å². The van der Waals surface area contributed by atoms with Crippen LogP contribution in [0.1, 0.15) is 18.9 Å². The maximum absolute atomic E-state index is 13.5. The Hall–Kier alpha value is -1.60. The van der Waals surface area contributed by atoms with Gasteiger partial charge in [0.15, 0.2) is 0 Å². The normalized spacial score (nSPS) is 11.7. The molecule has 0 radical (unpaired) electrons. The maximum Gasteiger partial charge on any atom is 0.227 e. The molecule has 0 heterocycles. The summed E-state index contributed by atoms with van der Waals surface area (Å²) in [5.74, 6) is -0.748. The van der Waals surface area contributed by atoms with Crippen molar-refractivity contribution >= 4 is 17.5 Å². The third kappa shape index (κ3) is 3.44. The lowest BCUT2D eigenvalue weighted by Gasteiger charge is -2.23. The molecule has 1 unspecified atom stereocenters. The van der Waals surface area contributed by atoms with Crippen LogP contribution >= 0.6 is 11.6 Å². The molecule has 0 saturated heterocycles. The van der Waals surface area contributed by atoms with E-state index in [1.54, 1.807) is 20.0 Å². The Morgan fingerprint density at radius 2 is 2.28 bits per heavy atom. The minimum atomic E-state index is -0.489. The van der Waals surface area contributed by atoms with E-state index in [0.717, 1.165) is 0 Å². The Bertz CT molecular complexity index is 464. The van der Waals surface area contributed by atoms with Crippen LogP contribution in [0.4, 0.5) is 4.39 Å². The van der Waals surface area contributed by atoms with Crippen LogP contribution in [0.25, 0.3) is 0 Å². The average Bonchev–Trinajstić information content (AvgIpc) is 2.33. The Morgan fingerprint density at radius 3 is 2.83 bits per heavy atom. The quantitative estimate of drug-likeness (QED) is 0.843. The van der Waals surface area contributed by atoms with Crippen molar-refractivity contribution in [1.29, 1.82) is 5.26 Å². The highest BCUT2D eigenvalue weighted by atomic mass is 35.5. The molecule has 0 aliphatic carbocycles. The van der Waals surface area contributed by atoms with E-state index >= 15 is 0 Å². The van der Waals surface area contributed by atoms with Gasteiger partial charge in [-0.15, -0.1) is 0 Å². The SMILES string of the molecule is CC(CC#N)N(C)C(=O)Cc1c(F)cccc1Cl. The van der Waals surface area contributed by atoms with Gasteiger partial charge < -0.3 is 4.90 Å². The molecular formula is C13H14ClFN2O. The van der Waals surface area contributed by atoms with Gasteiger partial charge in [0.25, 0.3) is 0 Å². The number of carbonyl (C=O) groups is 1. The summed E-state index contributed by atoms with van der Waals surface area (Å²) in [6, 6.07) is 6.11. The van der Waals surface area contributed by atoms with Crippen molar-refractivity contribution in [1.82, 2.24) is 4.90 Å². The predicted molar refractivity (Wildman–Crippen MR) is 67.6 cm³/mol. The molecule has 1 aromatic rings. The molecular weight excluding hydrogens is 255 g/mol. The molecule has 1 atom stereocenters. The molecule has 0 bridgehead atoms. The van der Waals surface area contributed by atoms with E-state index in [2.05, 4.69) is 0 Å². The maximum atomic E-state index is 13.5. The van der Waals surface area contributed by atoms with E-state index in [9.17, 15) is 9.18 Å². The van der Waals surface area contributed by atoms with Gasteiger partial charge in [0.2, 0.25) is 5.91 Å². The summed E-state index contributed by atoms with van der Waals surface area (Å²) in [5, 5.41) is 8.82. The highest BCUT2D eigenvalue weighted by Crippen LogP contribution is 2.20. The van der Waals surface area contributed by atoms with Crippen LogP contribution in [0.3, 0.4) is 0 Å². The van der Waals surface area contributed by atoms with Crippen LogP contribution in [0, 0.1) is 17.1 Å². The molecule has 5 heteroatoms. The van der Waals surface area contributed by atoms with E-state index in [1.807, 2.05) is 6.07 Å². The summed E-state index contributed by atoms with van der Waals surface area (Å²) < 4.78 is 13.5. The summed E-state index contributed by atoms with van der Waals surface area (Å²) >= 11 is 5.86. The molecule has 0 fully saturated rings. The summed E-state index contributed by atoms with van der Waals surface area (Å²) in [4.78, 5) is 13.4. The van der Waals surface area contributed by atoms with E-state index < -0.39 is 5.82 Å². The number of rotatable bonds is 4. The van der Waals surface area contributed by atoms with Crippen LogP contribution in [0.5, 0.6) is 0 Å². The zero-order chi connectivity index (χ0) is 13.7. The van der Waals surface area contributed by atoms with Crippen molar-refractivity contribution in [2.24, 2.45) is 0 Å². The van der Waals surface area contributed by atoms with Gasteiger partial charge >= 0.3 is 0 Å². The fourth-order valence-corrected chi connectivity index (χ4v) is 1.72. The lowest BCUT2D eigenvalue weighted by molar-refractivity contribution is -0.130. The number of halogens is 2. The third-order valence-corrected chi connectivity index (χ3v) is 3.19. The van der Waals surface area contributed by atoms with Gasteiger partial charge in [0.05, 0.1) is 18.9 Å². The van der Waals surface area contributed by atoms with Gasteiger partial charge in [0.1, 0.15) is 5.82 Å². The van der Waals surface area contributed by atoms with Gasteiger partial charge in [-0.2, -0.15) is 5.26 Å². The zero-order valence-electron chi connectivity index (χ0n) is 10.3. The summed E-state index contributed by atoms with van der Waals surface area (Å²) in [7, 11) is 1.60. The minimum Gasteiger partial charge on any atom is -0.342 e.